The number of hydrogen-bond donors (Lipinski definition) is 0. The van der Waals surface area contributed by atoms with E-state index in [2.05, 4.69) is 6.92 Å². The van der Waals surface area contributed by atoms with E-state index in [0.29, 0.717) is 0 Å². The lowest BCUT2D eigenvalue weighted by Gasteiger charge is -2.36. The average Bonchev–Trinajstić information content (AvgIpc) is 2.30. The second-order valence-electron chi connectivity index (χ2n) is 6.09. The van der Waals surface area contributed by atoms with Gasteiger partial charge in [-0.25, -0.2) is 4.39 Å². The minimum Gasteiger partial charge on any atom is -0.247 e. The molecule has 0 aromatic rings. The Labute approximate surface area is 100 Å². The van der Waals surface area contributed by atoms with Crippen LogP contribution in [0.5, 0.6) is 0 Å². The van der Waals surface area contributed by atoms with Crippen LogP contribution in [0.1, 0.15) is 71.1 Å². The van der Waals surface area contributed by atoms with Crippen molar-refractivity contribution in [2.75, 3.05) is 0 Å². The highest BCUT2D eigenvalue weighted by Crippen LogP contribution is 2.41. The fraction of sp³-hybridized carbons (Fsp3) is 1.00. The Morgan fingerprint density at radius 1 is 0.938 bits per heavy atom. The van der Waals surface area contributed by atoms with Gasteiger partial charge in [-0.3, -0.25) is 0 Å². The third-order valence-corrected chi connectivity index (χ3v) is 4.91. The van der Waals surface area contributed by atoms with E-state index in [-0.39, 0.29) is 0 Å². The zero-order valence-corrected chi connectivity index (χ0v) is 10.8. The molecule has 1 heteroatoms. The molecule has 0 amide bonds. The molecule has 2 atom stereocenters. The summed E-state index contributed by atoms with van der Waals surface area (Å²) < 4.78 is 13.4. The molecule has 0 aromatic carbocycles. The van der Waals surface area contributed by atoms with Crippen molar-refractivity contribution in [1.29, 1.82) is 0 Å². The molecule has 2 rings (SSSR count). The highest BCUT2D eigenvalue weighted by molar-refractivity contribution is 4.82. The van der Waals surface area contributed by atoms with Gasteiger partial charge in [-0.1, -0.05) is 39.0 Å². The third-order valence-electron chi connectivity index (χ3n) is 4.91. The Morgan fingerprint density at radius 3 is 2.31 bits per heavy atom. The predicted octanol–water partition coefficient (Wildman–Crippen LogP) is 5.12. The van der Waals surface area contributed by atoms with Gasteiger partial charge in [0.15, 0.2) is 0 Å². The summed E-state index contributed by atoms with van der Waals surface area (Å²) in [5, 5.41) is 0. The Balaban J connectivity index is 1.75. The van der Waals surface area contributed by atoms with Crippen LogP contribution in [0.2, 0.25) is 0 Å². The fourth-order valence-corrected chi connectivity index (χ4v) is 3.95. The predicted molar refractivity (Wildman–Crippen MR) is 67.2 cm³/mol. The molecule has 0 nitrogen and oxygen atoms in total. The van der Waals surface area contributed by atoms with Gasteiger partial charge in [0.05, 0.1) is 0 Å². The zero-order chi connectivity index (χ0) is 11.4. The second-order valence-corrected chi connectivity index (χ2v) is 6.09. The van der Waals surface area contributed by atoms with E-state index in [1.807, 2.05) is 0 Å². The van der Waals surface area contributed by atoms with Gasteiger partial charge in [0, 0.05) is 0 Å². The summed E-state index contributed by atoms with van der Waals surface area (Å²) in [5.41, 5.74) is 0. The first-order valence-corrected chi connectivity index (χ1v) is 7.43. The van der Waals surface area contributed by atoms with Crippen LogP contribution in [0.3, 0.4) is 0 Å². The molecule has 0 heterocycles. The minimum absolute atomic E-state index is 0.480. The Kier molecular flexibility index (Phi) is 4.66. The van der Waals surface area contributed by atoms with Crippen molar-refractivity contribution in [2.45, 2.75) is 77.3 Å². The van der Waals surface area contributed by atoms with Crippen LogP contribution in [0.15, 0.2) is 0 Å². The highest BCUT2D eigenvalue weighted by Gasteiger charge is 2.31. The topological polar surface area (TPSA) is 0 Å². The quantitative estimate of drug-likeness (QED) is 0.626. The molecule has 0 spiro atoms. The molecule has 0 saturated heterocycles. The van der Waals surface area contributed by atoms with Gasteiger partial charge in [-0.2, -0.15) is 0 Å². The Morgan fingerprint density at radius 2 is 1.69 bits per heavy atom. The average molecular weight is 226 g/mol. The molecule has 2 saturated carbocycles. The van der Waals surface area contributed by atoms with E-state index in [9.17, 15) is 4.39 Å². The molecule has 94 valence electrons. The van der Waals surface area contributed by atoms with Crippen molar-refractivity contribution in [3.63, 3.8) is 0 Å². The van der Waals surface area contributed by atoms with Crippen LogP contribution in [-0.2, 0) is 0 Å². The Bertz CT molecular complexity index is 194. The normalized spacial score (nSPS) is 40.9. The molecular formula is C15H27F. The SMILES string of the molecule is CCCC1CCC(C2CCCC(F)C2)CC1. The molecule has 2 fully saturated rings. The van der Waals surface area contributed by atoms with Gasteiger partial charge in [-0.15, -0.1) is 0 Å². The first kappa shape index (κ1) is 12.4. The lowest BCUT2D eigenvalue weighted by atomic mass is 9.70. The molecule has 2 unspecified atom stereocenters. The van der Waals surface area contributed by atoms with Crippen LogP contribution in [0.4, 0.5) is 4.39 Å². The number of rotatable bonds is 3. The second kappa shape index (κ2) is 6.02. The van der Waals surface area contributed by atoms with Crippen LogP contribution in [0.25, 0.3) is 0 Å². The molecule has 0 N–H and O–H groups in total. The van der Waals surface area contributed by atoms with Gasteiger partial charge in [0.2, 0.25) is 0 Å². The molecule has 2 aliphatic rings. The summed E-state index contributed by atoms with van der Waals surface area (Å²) in [4.78, 5) is 0. The molecule has 2 aliphatic carbocycles. The van der Waals surface area contributed by atoms with E-state index in [4.69, 9.17) is 0 Å². The van der Waals surface area contributed by atoms with Crippen LogP contribution in [0, 0.1) is 17.8 Å². The van der Waals surface area contributed by atoms with Gasteiger partial charge >= 0.3 is 0 Å². The van der Waals surface area contributed by atoms with Gasteiger partial charge in [0.25, 0.3) is 0 Å². The first-order valence-electron chi connectivity index (χ1n) is 7.43. The molecule has 0 radical (unpaired) electrons. The lowest BCUT2D eigenvalue weighted by molar-refractivity contribution is 0.117. The maximum atomic E-state index is 13.4. The van der Waals surface area contributed by atoms with Crippen molar-refractivity contribution >= 4 is 0 Å². The zero-order valence-electron chi connectivity index (χ0n) is 10.8. The highest BCUT2D eigenvalue weighted by atomic mass is 19.1. The van der Waals surface area contributed by atoms with Crippen molar-refractivity contribution < 1.29 is 4.39 Å². The van der Waals surface area contributed by atoms with Crippen molar-refractivity contribution in [3.8, 4) is 0 Å². The third kappa shape index (κ3) is 3.21. The first-order chi connectivity index (χ1) is 7.79. The summed E-state index contributed by atoms with van der Waals surface area (Å²) in [6, 6.07) is 0. The number of hydrogen-bond acceptors (Lipinski definition) is 0. The van der Waals surface area contributed by atoms with Gasteiger partial charge in [-0.05, 0) is 49.9 Å². The van der Waals surface area contributed by atoms with Crippen molar-refractivity contribution in [3.05, 3.63) is 0 Å². The summed E-state index contributed by atoms with van der Waals surface area (Å²) in [5.74, 6) is 2.59. The summed E-state index contributed by atoms with van der Waals surface area (Å²) in [6.45, 7) is 2.29. The monoisotopic (exact) mass is 226 g/mol. The van der Waals surface area contributed by atoms with Crippen molar-refractivity contribution in [2.24, 2.45) is 17.8 Å². The molecule has 0 bridgehead atoms. The molecular weight excluding hydrogens is 199 g/mol. The van der Waals surface area contributed by atoms with E-state index in [1.165, 1.54) is 44.9 Å². The van der Waals surface area contributed by atoms with Crippen LogP contribution >= 0.6 is 0 Å². The fourth-order valence-electron chi connectivity index (χ4n) is 3.95. The van der Waals surface area contributed by atoms with E-state index < -0.39 is 6.17 Å². The molecule has 16 heavy (non-hydrogen) atoms. The Hall–Kier alpha value is -0.0700. The number of halogens is 1. The van der Waals surface area contributed by atoms with Crippen molar-refractivity contribution in [1.82, 2.24) is 0 Å². The standard InChI is InChI=1S/C15H27F/c1-2-4-12-7-9-13(10-8-12)14-5-3-6-15(16)11-14/h12-15H,2-11H2,1H3. The minimum atomic E-state index is -0.480. The van der Waals surface area contributed by atoms with Crippen LogP contribution < -0.4 is 0 Å². The smallest absolute Gasteiger partial charge is 0.100 e. The van der Waals surface area contributed by atoms with Gasteiger partial charge in [0.1, 0.15) is 6.17 Å². The molecule has 0 aliphatic heterocycles. The van der Waals surface area contributed by atoms with E-state index in [1.54, 1.807) is 0 Å². The summed E-state index contributed by atoms with van der Waals surface area (Å²) >= 11 is 0. The molecule has 0 aromatic heterocycles. The summed E-state index contributed by atoms with van der Waals surface area (Å²) in [7, 11) is 0. The lowest BCUT2D eigenvalue weighted by Crippen LogP contribution is -2.27. The van der Waals surface area contributed by atoms with E-state index in [0.717, 1.165) is 37.0 Å². The maximum Gasteiger partial charge on any atom is 0.100 e. The van der Waals surface area contributed by atoms with Gasteiger partial charge < -0.3 is 0 Å². The number of alkyl halides is 1. The summed E-state index contributed by atoms with van der Waals surface area (Å²) in [6.07, 6.45) is 12.1. The van der Waals surface area contributed by atoms with E-state index >= 15 is 0 Å². The maximum absolute atomic E-state index is 13.4. The van der Waals surface area contributed by atoms with Crippen LogP contribution in [-0.4, -0.2) is 6.17 Å². The largest absolute Gasteiger partial charge is 0.247 e.